The van der Waals surface area contributed by atoms with Crippen molar-refractivity contribution in [2.24, 2.45) is 0 Å². The third-order valence-corrected chi connectivity index (χ3v) is 3.29. The van der Waals surface area contributed by atoms with Gasteiger partial charge >= 0.3 is 0 Å². The van der Waals surface area contributed by atoms with Gasteiger partial charge in [0.25, 0.3) is 0 Å². The van der Waals surface area contributed by atoms with Crippen LogP contribution in [0.5, 0.6) is 5.75 Å². The summed E-state index contributed by atoms with van der Waals surface area (Å²) >= 11 is 0. The minimum atomic E-state index is -0.411. The van der Waals surface area contributed by atoms with E-state index in [4.69, 9.17) is 9.47 Å². The highest BCUT2D eigenvalue weighted by Gasteiger charge is 2.22. The van der Waals surface area contributed by atoms with Crippen LogP contribution in [-0.2, 0) is 16.0 Å². The standard InChI is InChI=1S/C16H22O3/c1-3-5-14(17)16(19-9-4-2)13-6-7-15-12(11-13)8-10-18-15/h6-7,11,16H,3-5,8-10H2,1-2H3. The molecule has 0 fully saturated rings. The summed E-state index contributed by atoms with van der Waals surface area (Å²) in [6.07, 6.45) is 2.86. The maximum Gasteiger partial charge on any atom is 0.166 e. The van der Waals surface area contributed by atoms with Gasteiger partial charge < -0.3 is 9.47 Å². The van der Waals surface area contributed by atoms with Crippen LogP contribution in [0, 0.1) is 0 Å². The molecule has 104 valence electrons. The zero-order chi connectivity index (χ0) is 13.7. The van der Waals surface area contributed by atoms with Gasteiger partial charge in [-0.15, -0.1) is 0 Å². The first-order valence-electron chi connectivity index (χ1n) is 7.16. The number of Topliss-reactive ketones (excluding diaryl/α,β-unsaturated/α-hetero) is 1. The lowest BCUT2D eigenvalue weighted by atomic mass is 9.99. The molecule has 0 amide bonds. The fourth-order valence-electron chi connectivity index (χ4n) is 2.36. The van der Waals surface area contributed by atoms with E-state index in [9.17, 15) is 4.79 Å². The van der Waals surface area contributed by atoms with E-state index < -0.39 is 6.10 Å². The average Bonchev–Trinajstić information content (AvgIpc) is 2.87. The predicted octanol–water partition coefficient (Wildman–Crippen LogP) is 3.46. The van der Waals surface area contributed by atoms with E-state index in [0.717, 1.165) is 37.2 Å². The van der Waals surface area contributed by atoms with Gasteiger partial charge in [0, 0.05) is 19.4 Å². The van der Waals surface area contributed by atoms with Gasteiger partial charge in [0.1, 0.15) is 11.9 Å². The number of ether oxygens (including phenoxy) is 2. The largest absolute Gasteiger partial charge is 0.493 e. The zero-order valence-electron chi connectivity index (χ0n) is 11.8. The predicted molar refractivity (Wildman–Crippen MR) is 74.5 cm³/mol. The minimum Gasteiger partial charge on any atom is -0.493 e. The molecule has 0 saturated heterocycles. The second kappa shape index (κ2) is 6.71. The van der Waals surface area contributed by atoms with Gasteiger partial charge in [-0.1, -0.05) is 19.9 Å². The lowest BCUT2D eigenvalue weighted by molar-refractivity contribution is -0.131. The number of benzene rings is 1. The van der Waals surface area contributed by atoms with Crippen molar-refractivity contribution >= 4 is 5.78 Å². The van der Waals surface area contributed by atoms with E-state index in [1.165, 1.54) is 5.56 Å². The van der Waals surface area contributed by atoms with Crippen molar-refractivity contribution in [2.75, 3.05) is 13.2 Å². The van der Waals surface area contributed by atoms with Gasteiger partial charge in [0.15, 0.2) is 5.78 Å². The fourth-order valence-corrected chi connectivity index (χ4v) is 2.36. The number of fused-ring (bicyclic) bond motifs is 1. The first-order chi connectivity index (χ1) is 9.26. The quantitative estimate of drug-likeness (QED) is 0.755. The smallest absolute Gasteiger partial charge is 0.166 e. The van der Waals surface area contributed by atoms with Crippen molar-refractivity contribution in [2.45, 2.75) is 45.6 Å². The van der Waals surface area contributed by atoms with Crippen LogP contribution in [-0.4, -0.2) is 19.0 Å². The monoisotopic (exact) mass is 262 g/mol. The van der Waals surface area contributed by atoms with Crippen molar-refractivity contribution in [3.63, 3.8) is 0 Å². The zero-order valence-corrected chi connectivity index (χ0v) is 11.8. The van der Waals surface area contributed by atoms with E-state index in [2.05, 4.69) is 13.0 Å². The first kappa shape index (κ1) is 14.1. The lowest BCUT2D eigenvalue weighted by Crippen LogP contribution is -2.16. The van der Waals surface area contributed by atoms with E-state index in [0.29, 0.717) is 13.0 Å². The second-order valence-electron chi connectivity index (χ2n) is 4.93. The van der Waals surface area contributed by atoms with Gasteiger partial charge in [-0.05, 0) is 36.1 Å². The van der Waals surface area contributed by atoms with Gasteiger partial charge in [-0.2, -0.15) is 0 Å². The molecule has 0 bridgehead atoms. The van der Waals surface area contributed by atoms with Crippen LogP contribution in [0.25, 0.3) is 0 Å². The SMILES string of the molecule is CCCOC(C(=O)CCC)c1ccc2c(c1)CCO2. The van der Waals surface area contributed by atoms with Crippen molar-refractivity contribution in [1.82, 2.24) is 0 Å². The third kappa shape index (κ3) is 3.35. The van der Waals surface area contributed by atoms with Crippen molar-refractivity contribution in [1.29, 1.82) is 0 Å². The number of carbonyl (C=O) groups is 1. The number of hydrogen-bond donors (Lipinski definition) is 0. The maximum absolute atomic E-state index is 12.2. The van der Waals surface area contributed by atoms with Crippen LogP contribution in [0.1, 0.15) is 50.3 Å². The summed E-state index contributed by atoms with van der Waals surface area (Å²) in [6, 6.07) is 5.98. The number of carbonyl (C=O) groups excluding carboxylic acids is 1. The van der Waals surface area contributed by atoms with E-state index in [1.54, 1.807) is 0 Å². The molecule has 3 nitrogen and oxygen atoms in total. The molecule has 0 N–H and O–H groups in total. The Labute approximate surface area is 114 Å². The van der Waals surface area contributed by atoms with Crippen molar-refractivity contribution in [3.05, 3.63) is 29.3 Å². The molecule has 19 heavy (non-hydrogen) atoms. The Hall–Kier alpha value is -1.35. The molecule has 1 aromatic rings. The Morgan fingerprint density at radius 3 is 2.95 bits per heavy atom. The second-order valence-corrected chi connectivity index (χ2v) is 4.93. The van der Waals surface area contributed by atoms with E-state index in [1.807, 2.05) is 19.1 Å². The molecular formula is C16H22O3. The normalized spacial score (nSPS) is 14.8. The Bertz CT molecular complexity index is 440. The van der Waals surface area contributed by atoms with Crippen molar-refractivity contribution in [3.8, 4) is 5.75 Å². The molecule has 0 aromatic heterocycles. The van der Waals surface area contributed by atoms with Crippen LogP contribution in [0.15, 0.2) is 18.2 Å². The molecule has 2 rings (SSSR count). The highest BCUT2D eigenvalue weighted by atomic mass is 16.5. The maximum atomic E-state index is 12.2. The Morgan fingerprint density at radius 2 is 2.21 bits per heavy atom. The molecule has 0 spiro atoms. The van der Waals surface area contributed by atoms with Gasteiger partial charge in [0.2, 0.25) is 0 Å². The summed E-state index contributed by atoms with van der Waals surface area (Å²) in [5, 5.41) is 0. The third-order valence-electron chi connectivity index (χ3n) is 3.29. The van der Waals surface area contributed by atoms with Crippen molar-refractivity contribution < 1.29 is 14.3 Å². The highest BCUT2D eigenvalue weighted by molar-refractivity contribution is 5.84. The Kier molecular flexibility index (Phi) is 4.97. The number of ketones is 1. The molecule has 1 aromatic carbocycles. The van der Waals surface area contributed by atoms with Crippen LogP contribution in [0.4, 0.5) is 0 Å². The van der Waals surface area contributed by atoms with E-state index in [-0.39, 0.29) is 5.78 Å². The van der Waals surface area contributed by atoms with Crippen LogP contribution in [0.2, 0.25) is 0 Å². The molecular weight excluding hydrogens is 240 g/mol. The Morgan fingerprint density at radius 1 is 1.37 bits per heavy atom. The summed E-state index contributed by atoms with van der Waals surface area (Å²) in [5.74, 6) is 1.12. The molecule has 1 atom stereocenters. The molecule has 0 saturated carbocycles. The molecule has 1 heterocycles. The molecule has 0 radical (unpaired) electrons. The topological polar surface area (TPSA) is 35.5 Å². The molecule has 1 aliphatic heterocycles. The summed E-state index contributed by atoms with van der Waals surface area (Å²) in [5.41, 5.74) is 2.16. The minimum absolute atomic E-state index is 0.176. The molecule has 3 heteroatoms. The van der Waals surface area contributed by atoms with Crippen LogP contribution in [0.3, 0.4) is 0 Å². The number of rotatable bonds is 7. The van der Waals surface area contributed by atoms with Gasteiger partial charge in [0.05, 0.1) is 6.61 Å². The first-order valence-corrected chi connectivity index (χ1v) is 7.16. The summed E-state index contributed by atoms with van der Waals surface area (Å²) in [4.78, 5) is 12.2. The average molecular weight is 262 g/mol. The molecule has 0 aliphatic carbocycles. The lowest BCUT2D eigenvalue weighted by Gasteiger charge is -2.17. The van der Waals surface area contributed by atoms with Gasteiger partial charge in [-0.3, -0.25) is 4.79 Å². The van der Waals surface area contributed by atoms with Crippen LogP contribution >= 0.6 is 0 Å². The molecule has 1 aliphatic rings. The fraction of sp³-hybridized carbons (Fsp3) is 0.562. The van der Waals surface area contributed by atoms with Gasteiger partial charge in [-0.25, -0.2) is 0 Å². The summed E-state index contributed by atoms with van der Waals surface area (Å²) in [6.45, 7) is 5.43. The Balaban J connectivity index is 2.19. The van der Waals surface area contributed by atoms with E-state index >= 15 is 0 Å². The van der Waals surface area contributed by atoms with Crippen LogP contribution < -0.4 is 4.74 Å². The highest BCUT2D eigenvalue weighted by Crippen LogP contribution is 2.30. The summed E-state index contributed by atoms with van der Waals surface area (Å²) in [7, 11) is 0. The molecule has 1 unspecified atom stereocenters. The number of hydrogen-bond acceptors (Lipinski definition) is 3. The summed E-state index contributed by atoms with van der Waals surface area (Å²) < 4.78 is 11.3.